The van der Waals surface area contributed by atoms with Crippen molar-refractivity contribution in [2.45, 2.75) is 0 Å². The van der Waals surface area contributed by atoms with E-state index in [0.717, 1.165) is 66.5 Å². The molecule has 10 aromatic rings. The first-order valence-electron chi connectivity index (χ1n) is 16.7. The SMILES string of the molecule is c1ccc(-c2nc(-c3ccccc3)nc(-c3cc4oc5ccccc5c4cc3-n3c4ccccc4c4cccc(-c5ccccc5)c43)n2)cc1. The lowest BCUT2D eigenvalue weighted by molar-refractivity contribution is 0.669. The molecule has 3 aromatic heterocycles. The maximum Gasteiger partial charge on any atom is 0.166 e. The summed E-state index contributed by atoms with van der Waals surface area (Å²) < 4.78 is 8.89. The van der Waals surface area contributed by atoms with Crippen molar-refractivity contribution in [2.75, 3.05) is 0 Å². The Labute approximate surface area is 287 Å². The highest BCUT2D eigenvalue weighted by molar-refractivity contribution is 6.15. The van der Waals surface area contributed by atoms with Gasteiger partial charge in [0.15, 0.2) is 17.5 Å². The van der Waals surface area contributed by atoms with Crippen molar-refractivity contribution in [1.29, 1.82) is 0 Å². The molecule has 10 rings (SSSR count). The summed E-state index contributed by atoms with van der Waals surface area (Å²) in [5.41, 5.74) is 9.77. The van der Waals surface area contributed by atoms with Gasteiger partial charge in [-0.15, -0.1) is 0 Å². The van der Waals surface area contributed by atoms with E-state index < -0.39 is 0 Å². The molecule has 0 saturated heterocycles. The number of fused-ring (bicyclic) bond motifs is 6. The van der Waals surface area contributed by atoms with Gasteiger partial charge in [-0.2, -0.15) is 0 Å². The highest BCUT2D eigenvalue weighted by atomic mass is 16.3. The van der Waals surface area contributed by atoms with E-state index in [1.54, 1.807) is 0 Å². The first kappa shape index (κ1) is 28.2. The molecule has 0 atom stereocenters. The van der Waals surface area contributed by atoms with E-state index in [1.807, 2.05) is 72.8 Å². The zero-order chi connectivity index (χ0) is 33.0. The summed E-state index contributed by atoms with van der Waals surface area (Å²) in [6, 6.07) is 58.6. The Hall–Kier alpha value is -6.85. The molecule has 7 aromatic carbocycles. The normalized spacial score (nSPS) is 11.6. The number of aromatic nitrogens is 4. The van der Waals surface area contributed by atoms with Crippen LogP contribution < -0.4 is 0 Å². The molecule has 0 bridgehead atoms. The minimum Gasteiger partial charge on any atom is -0.456 e. The van der Waals surface area contributed by atoms with Crippen LogP contribution in [0.15, 0.2) is 174 Å². The van der Waals surface area contributed by atoms with Crippen LogP contribution in [-0.4, -0.2) is 19.5 Å². The molecule has 0 aliphatic rings. The van der Waals surface area contributed by atoms with Gasteiger partial charge >= 0.3 is 0 Å². The second-order valence-corrected chi connectivity index (χ2v) is 12.4. The van der Waals surface area contributed by atoms with Crippen molar-refractivity contribution in [3.05, 3.63) is 170 Å². The van der Waals surface area contributed by atoms with Crippen LogP contribution in [0.1, 0.15) is 0 Å². The Morgan fingerprint density at radius 3 is 1.64 bits per heavy atom. The molecule has 0 spiro atoms. The van der Waals surface area contributed by atoms with E-state index in [1.165, 1.54) is 10.8 Å². The smallest absolute Gasteiger partial charge is 0.166 e. The molecule has 0 saturated carbocycles. The highest BCUT2D eigenvalue weighted by Crippen LogP contribution is 2.43. The van der Waals surface area contributed by atoms with Crippen LogP contribution in [-0.2, 0) is 0 Å². The third-order valence-electron chi connectivity index (χ3n) is 9.46. The summed E-state index contributed by atoms with van der Waals surface area (Å²) in [7, 11) is 0. The summed E-state index contributed by atoms with van der Waals surface area (Å²) in [5, 5.41) is 4.44. The lowest BCUT2D eigenvalue weighted by atomic mass is 10.0. The molecule has 0 radical (unpaired) electrons. The van der Waals surface area contributed by atoms with Gasteiger partial charge in [0.05, 0.1) is 16.7 Å². The van der Waals surface area contributed by atoms with Crippen LogP contribution in [0.25, 0.3) is 94.7 Å². The Morgan fingerprint density at radius 1 is 0.380 bits per heavy atom. The van der Waals surface area contributed by atoms with Gasteiger partial charge in [0.25, 0.3) is 0 Å². The predicted molar refractivity (Wildman–Crippen MR) is 203 cm³/mol. The standard InChI is InChI=1S/C45H28N4O/c1-4-15-29(16-5-1)32-23-14-24-35-33-21-10-12-25-38(33)49(42(32)35)39-27-36-34-22-11-13-26-40(34)50-41(36)28-37(39)45-47-43(30-17-6-2-7-18-30)46-44(48-45)31-19-8-3-9-20-31/h1-28H. The molecule has 0 aliphatic carbocycles. The van der Waals surface area contributed by atoms with Gasteiger partial charge in [0.2, 0.25) is 0 Å². The van der Waals surface area contributed by atoms with Gasteiger partial charge < -0.3 is 8.98 Å². The average molecular weight is 641 g/mol. The summed E-state index contributed by atoms with van der Waals surface area (Å²) >= 11 is 0. The van der Waals surface area contributed by atoms with E-state index in [0.29, 0.717) is 17.5 Å². The Morgan fingerprint density at radius 2 is 0.940 bits per heavy atom. The second-order valence-electron chi connectivity index (χ2n) is 12.4. The van der Waals surface area contributed by atoms with Gasteiger partial charge in [0, 0.05) is 43.8 Å². The first-order chi connectivity index (χ1) is 24.8. The average Bonchev–Trinajstić information content (AvgIpc) is 3.73. The van der Waals surface area contributed by atoms with Gasteiger partial charge in [0.1, 0.15) is 11.2 Å². The summed E-state index contributed by atoms with van der Waals surface area (Å²) in [6.07, 6.45) is 0. The zero-order valence-electron chi connectivity index (χ0n) is 26.9. The van der Waals surface area contributed by atoms with Gasteiger partial charge in [-0.1, -0.05) is 146 Å². The number of nitrogens with zero attached hydrogens (tertiary/aromatic N) is 4. The molecule has 5 heteroatoms. The molecule has 50 heavy (non-hydrogen) atoms. The molecule has 5 nitrogen and oxygen atoms in total. The van der Waals surface area contributed by atoms with Crippen LogP contribution in [0.5, 0.6) is 0 Å². The van der Waals surface area contributed by atoms with E-state index in [-0.39, 0.29) is 0 Å². The van der Waals surface area contributed by atoms with Gasteiger partial charge in [-0.3, -0.25) is 0 Å². The summed E-state index contributed by atoms with van der Waals surface area (Å²) in [5.74, 6) is 1.78. The van der Waals surface area contributed by atoms with Crippen molar-refractivity contribution in [3.8, 4) is 51.0 Å². The number of para-hydroxylation sites is 3. The number of benzene rings is 7. The van der Waals surface area contributed by atoms with Gasteiger partial charge in [-0.25, -0.2) is 15.0 Å². The Kier molecular flexibility index (Phi) is 6.42. The fraction of sp³-hybridized carbons (Fsp3) is 0. The van der Waals surface area contributed by atoms with E-state index in [9.17, 15) is 0 Å². The van der Waals surface area contributed by atoms with E-state index in [2.05, 4.69) is 102 Å². The molecule has 0 aliphatic heterocycles. The number of furan rings is 1. The minimum atomic E-state index is 0.568. The topological polar surface area (TPSA) is 56.7 Å². The molecule has 234 valence electrons. The molecule has 0 unspecified atom stereocenters. The highest BCUT2D eigenvalue weighted by Gasteiger charge is 2.23. The monoisotopic (exact) mass is 640 g/mol. The van der Waals surface area contributed by atoms with Crippen LogP contribution >= 0.6 is 0 Å². The van der Waals surface area contributed by atoms with Crippen LogP contribution in [0, 0.1) is 0 Å². The van der Waals surface area contributed by atoms with Crippen molar-refractivity contribution in [2.24, 2.45) is 0 Å². The van der Waals surface area contributed by atoms with Crippen molar-refractivity contribution in [1.82, 2.24) is 19.5 Å². The Balaban J connectivity index is 1.36. The van der Waals surface area contributed by atoms with E-state index in [4.69, 9.17) is 19.4 Å². The molecule has 3 heterocycles. The fourth-order valence-corrected chi connectivity index (χ4v) is 7.17. The molecule has 0 amide bonds. The number of hydrogen-bond donors (Lipinski definition) is 0. The maximum atomic E-state index is 6.50. The zero-order valence-corrected chi connectivity index (χ0v) is 26.9. The minimum absolute atomic E-state index is 0.568. The maximum absolute atomic E-state index is 6.50. The lowest BCUT2D eigenvalue weighted by Crippen LogP contribution is -2.04. The summed E-state index contributed by atoms with van der Waals surface area (Å²) in [4.78, 5) is 15.4. The van der Waals surface area contributed by atoms with Crippen molar-refractivity contribution in [3.63, 3.8) is 0 Å². The van der Waals surface area contributed by atoms with Crippen molar-refractivity contribution >= 4 is 43.7 Å². The van der Waals surface area contributed by atoms with Crippen LogP contribution in [0.2, 0.25) is 0 Å². The van der Waals surface area contributed by atoms with E-state index >= 15 is 0 Å². The van der Waals surface area contributed by atoms with Crippen LogP contribution in [0.3, 0.4) is 0 Å². The fourth-order valence-electron chi connectivity index (χ4n) is 7.17. The molecular formula is C45H28N4O. The predicted octanol–water partition coefficient (Wildman–Crippen LogP) is 11.5. The first-order valence-corrected chi connectivity index (χ1v) is 16.7. The third-order valence-corrected chi connectivity index (χ3v) is 9.46. The third kappa shape index (κ3) is 4.52. The molecule has 0 N–H and O–H groups in total. The number of rotatable bonds is 5. The van der Waals surface area contributed by atoms with Gasteiger partial charge in [-0.05, 0) is 29.8 Å². The molecular weight excluding hydrogens is 613 g/mol. The summed E-state index contributed by atoms with van der Waals surface area (Å²) in [6.45, 7) is 0. The Bertz CT molecular complexity index is 2800. The van der Waals surface area contributed by atoms with Crippen LogP contribution in [0.4, 0.5) is 0 Å². The quantitative estimate of drug-likeness (QED) is 0.188. The van der Waals surface area contributed by atoms with Crippen molar-refractivity contribution < 1.29 is 4.42 Å². The molecule has 0 fully saturated rings. The lowest BCUT2D eigenvalue weighted by Gasteiger charge is -2.16. The largest absolute Gasteiger partial charge is 0.456 e. The second kappa shape index (κ2) is 11.4. The number of hydrogen-bond acceptors (Lipinski definition) is 4.